The highest BCUT2D eigenvalue weighted by Gasteiger charge is 2.19. The van der Waals surface area contributed by atoms with Gasteiger partial charge in [-0.1, -0.05) is 0 Å². The molecule has 0 amide bonds. The van der Waals surface area contributed by atoms with Gasteiger partial charge < -0.3 is 10.2 Å². The van der Waals surface area contributed by atoms with E-state index in [1.165, 1.54) is 12.8 Å². The average Bonchev–Trinajstić information content (AvgIpc) is 2.88. The molecule has 0 aliphatic carbocycles. The lowest BCUT2D eigenvalue weighted by molar-refractivity contribution is 0.377. The van der Waals surface area contributed by atoms with Crippen LogP contribution in [0, 0.1) is 12.8 Å². The molecule has 6 nitrogen and oxygen atoms in total. The summed E-state index contributed by atoms with van der Waals surface area (Å²) in [5.41, 5.74) is 0.857. The molecule has 1 aliphatic rings. The summed E-state index contributed by atoms with van der Waals surface area (Å²) in [6, 6.07) is 0. The summed E-state index contributed by atoms with van der Waals surface area (Å²) in [6.07, 6.45) is 6.31. The van der Waals surface area contributed by atoms with Gasteiger partial charge in [0, 0.05) is 25.5 Å². The molecule has 0 radical (unpaired) electrons. The van der Waals surface area contributed by atoms with E-state index in [-0.39, 0.29) is 0 Å². The van der Waals surface area contributed by atoms with Crippen LogP contribution in [0.5, 0.6) is 0 Å². The van der Waals surface area contributed by atoms with Crippen LogP contribution < -0.4 is 10.2 Å². The Morgan fingerprint density at radius 3 is 3.10 bits per heavy atom. The number of hydrogen-bond acceptors (Lipinski definition) is 5. The van der Waals surface area contributed by atoms with Gasteiger partial charge in [-0.25, -0.2) is 4.98 Å². The van der Waals surface area contributed by atoms with Crippen molar-refractivity contribution >= 4 is 11.5 Å². The second kappa shape index (κ2) is 5.75. The Bertz CT molecular complexity index is 572. The molecule has 6 heteroatoms. The van der Waals surface area contributed by atoms with Gasteiger partial charge in [0.2, 0.25) is 5.65 Å². The van der Waals surface area contributed by atoms with Crippen molar-refractivity contribution in [2.45, 2.75) is 26.7 Å². The lowest BCUT2D eigenvalue weighted by atomic mass is 9.99. The first kappa shape index (κ1) is 13.3. The summed E-state index contributed by atoms with van der Waals surface area (Å²) in [5.74, 6) is 2.54. The number of piperidine rings is 1. The van der Waals surface area contributed by atoms with Gasteiger partial charge in [0.05, 0.1) is 0 Å². The first-order chi connectivity index (χ1) is 9.79. The maximum absolute atomic E-state index is 4.54. The van der Waals surface area contributed by atoms with Crippen LogP contribution in [0.2, 0.25) is 0 Å². The molecule has 0 bridgehead atoms. The lowest BCUT2D eigenvalue weighted by Crippen LogP contribution is -2.38. The minimum Gasteiger partial charge on any atom is -0.353 e. The Balaban J connectivity index is 1.86. The quantitative estimate of drug-likeness (QED) is 0.909. The van der Waals surface area contributed by atoms with Crippen LogP contribution in [0.15, 0.2) is 12.4 Å². The van der Waals surface area contributed by atoms with E-state index in [4.69, 9.17) is 0 Å². The number of aryl methyl sites for hydroxylation is 1. The molecule has 1 atom stereocenters. The fourth-order valence-corrected chi connectivity index (χ4v) is 2.91. The van der Waals surface area contributed by atoms with E-state index >= 15 is 0 Å². The van der Waals surface area contributed by atoms with E-state index < -0.39 is 0 Å². The average molecular weight is 274 g/mol. The summed E-state index contributed by atoms with van der Waals surface area (Å²) in [5, 5.41) is 11.9. The third kappa shape index (κ3) is 2.47. The lowest BCUT2D eigenvalue weighted by Gasteiger charge is -2.30. The molecular weight excluding hydrogens is 252 g/mol. The zero-order chi connectivity index (χ0) is 13.9. The van der Waals surface area contributed by atoms with Crippen molar-refractivity contribution in [2.75, 3.05) is 31.1 Å². The SMILES string of the molecule is CCN(CC1CCCNC1)c1nccn2c(C)nnc12. The minimum absolute atomic E-state index is 0.690. The van der Waals surface area contributed by atoms with E-state index in [1.807, 2.05) is 23.7 Å². The Morgan fingerprint density at radius 1 is 1.45 bits per heavy atom. The first-order valence-corrected chi connectivity index (χ1v) is 7.41. The van der Waals surface area contributed by atoms with Crippen LogP contribution in [-0.2, 0) is 0 Å². The van der Waals surface area contributed by atoms with Crippen molar-refractivity contribution < 1.29 is 0 Å². The van der Waals surface area contributed by atoms with Gasteiger partial charge in [-0.2, -0.15) is 0 Å². The van der Waals surface area contributed by atoms with E-state index in [9.17, 15) is 0 Å². The molecule has 3 heterocycles. The van der Waals surface area contributed by atoms with Crippen molar-refractivity contribution in [3.8, 4) is 0 Å². The molecule has 0 aromatic carbocycles. The van der Waals surface area contributed by atoms with E-state index in [1.54, 1.807) is 0 Å². The molecule has 1 saturated heterocycles. The van der Waals surface area contributed by atoms with Crippen LogP contribution in [0.1, 0.15) is 25.6 Å². The van der Waals surface area contributed by atoms with Gasteiger partial charge in [0.1, 0.15) is 5.82 Å². The van der Waals surface area contributed by atoms with Crippen LogP contribution in [0.25, 0.3) is 5.65 Å². The summed E-state index contributed by atoms with van der Waals surface area (Å²) in [6.45, 7) is 8.36. The maximum atomic E-state index is 4.54. The monoisotopic (exact) mass is 274 g/mol. The molecule has 0 saturated carbocycles. The predicted molar refractivity (Wildman–Crippen MR) is 79.0 cm³/mol. The van der Waals surface area contributed by atoms with Crippen LogP contribution in [0.3, 0.4) is 0 Å². The second-order valence-corrected chi connectivity index (χ2v) is 5.44. The highest BCUT2D eigenvalue weighted by atomic mass is 15.3. The highest BCUT2D eigenvalue weighted by Crippen LogP contribution is 2.20. The van der Waals surface area contributed by atoms with E-state index in [0.717, 1.165) is 43.5 Å². The van der Waals surface area contributed by atoms with Crippen molar-refractivity contribution in [3.05, 3.63) is 18.2 Å². The molecule has 20 heavy (non-hydrogen) atoms. The van der Waals surface area contributed by atoms with Crippen molar-refractivity contribution in [2.24, 2.45) is 5.92 Å². The molecular formula is C14H22N6. The molecule has 3 rings (SSSR count). The standard InChI is InChI=1S/C14H22N6/c1-3-19(10-12-5-4-6-15-9-12)13-14-18-17-11(2)20(14)8-7-16-13/h7-8,12,15H,3-6,9-10H2,1-2H3. The second-order valence-electron chi connectivity index (χ2n) is 5.44. The van der Waals surface area contributed by atoms with Crippen LogP contribution in [-0.4, -0.2) is 45.8 Å². The van der Waals surface area contributed by atoms with Gasteiger partial charge >= 0.3 is 0 Å². The number of nitrogens with zero attached hydrogens (tertiary/aromatic N) is 5. The van der Waals surface area contributed by atoms with Gasteiger partial charge in [-0.15, -0.1) is 10.2 Å². The summed E-state index contributed by atoms with van der Waals surface area (Å²) in [7, 11) is 0. The third-order valence-corrected chi connectivity index (χ3v) is 4.04. The van der Waals surface area contributed by atoms with Gasteiger partial charge in [-0.05, 0) is 45.7 Å². The Labute approximate surface area is 119 Å². The number of nitrogens with one attached hydrogen (secondary N) is 1. The topological polar surface area (TPSA) is 58.4 Å². The summed E-state index contributed by atoms with van der Waals surface area (Å²) in [4.78, 5) is 6.86. The third-order valence-electron chi connectivity index (χ3n) is 4.04. The fourth-order valence-electron chi connectivity index (χ4n) is 2.91. The molecule has 1 fully saturated rings. The predicted octanol–water partition coefficient (Wildman–Crippen LogP) is 1.26. The number of rotatable bonds is 4. The number of aromatic nitrogens is 4. The first-order valence-electron chi connectivity index (χ1n) is 7.41. The Kier molecular flexibility index (Phi) is 3.82. The van der Waals surface area contributed by atoms with Gasteiger partial charge in [-0.3, -0.25) is 4.40 Å². The highest BCUT2D eigenvalue weighted by molar-refractivity contribution is 5.63. The Morgan fingerprint density at radius 2 is 2.35 bits per heavy atom. The molecule has 2 aromatic heterocycles. The molecule has 2 aromatic rings. The zero-order valence-electron chi connectivity index (χ0n) is 12.2. The molecule has 1 unspecified atom stereocenters. The Hall–Kier alpha value is -1.69. The van der Waals surface area contributed by atoms with Crippen LogP contribution in [0.4, 0.5) is 5.82 Å². The van der Waals surface area contributed by atoms with Crippen molar-refractivity contribution in [1.82, 2.24) is 24.9 Å². The number of fused-ring (bicyclic) bond motifs is 1. The smallest absolute Gasteiger partial charge is 0.203 e. The van der Waals surface area contributed by atoms with Crippen LogP contribution >= 0.6 is 0 Å². The molecule has 108 valence electrons. The van der Waals surface area contributed by atoms with E-state index in [2.05, 4.69) is 32.3 Å². The zero-order valence-corrected chi connectivity index (χ0v) is 12.2. The van der Waals surface area contributed by atoms with Crippen molar-refractivity contribution in [3.63, 3.8) is 0 Å². The van der Waals surface area contributed by atoms with Crippen molar-refractivity contribution in [1.29, 1.82) is 0 Å². The van der Waals surface area contributed by atoms with Gasteiger partial charge in [0.15, 0.2) is 5.82 Å². The van der Waals surface area contributed by atoms with Gasteiger partial charge in [0.25, 0.3) is 0 Å². The summed E-state index contributed by atoms with van der Waals surface area (Å²) >= 11 is 0. The summed E-state index contributed by atoms with van der Waals surface area (Å²) < 4.78 is 2.00. The largest absolute Gasteiger partial charge is 0.353 e. The molecule has 1 aliphatic heterocycles. The van der Waals surface area contributed by atoms with E-state index in [0.29, 0.717) is 5.92 Å². The number of hydrogen-bond donors (Lipinski definition) is 1. The fraction of sp³-hybridized carbons (Fsp3) is 0.643. The molecule has 0 spiro atoms. The normalized spacial score (nSPS) is 19.4. The molecule has 1 N–H and O–H groups in total. The number of anilines is 1. The minimum atomic E-state index is 0.690. The maximum Gasteiger partial charge on any atom is 0.203 e.